The Bertz CT molecular complexity index is 1200. The highest BCUT2D eigenvalue weighted by molar-refractivity contribution is 14.1. The lowest BCUT2D eigenvalue weighted by molar-refractivity contribution is -0.138. The van der Waals surface area contributed by atoms with Gasteiger partial charge in [0.25, 0.3) is 0 Å². The average molecular weight is 646 g/mol. The van der Waals surface area contributed by atoms with E-state index in [1.807, 2.05) is 31.2 Å². The predicted molar refractivity (Wildman–Crippen MR) is 149 cm³/mol. The number of rotatable bonds is 8. The van der Waals surface area contributed by atoms with Crippen molar-refractivity contribution in [1.82, 2.24) is 0 Å². The monoisotopic (exact) mass is 645 g/mol. The quantitative estimate of drug-likeness (QED) is 0.238. The average Bonchev–Trinajstić information content (AvgIpc) is 3.09. The topological polar surface area (TPSA) is 85.2 Å². The van der Waals surface area contributed by atoms with Crippen LogP contribution in [0, 0.1) is 3.57 Å². The van der Waals surface area contributed by atoms with Crippen LogP contribution in [0.3, 0.4) is 0 Å². The molecule has 184 valence electrons. The Balaban J connectivity index is 1.88. The van der Waals surface area contributed by atoms with Crippen LogP contribution in [0.25, 0.3) is 6.08 Å². The molecule has 6 nitrogen and oxygen atoms in total. The Morgan fingerprint density at radius 1 is 1.14 bits per heavy atom. The maximum absolute atomic E-state index is 12.4. The normalized spacial score (nSPS) is 15.7. The number of halogens is 3. The Morgan fingerprint density at radius 2 is 1.80 bits per heavy atom. The Hall–Kier alpha value is -2.01. The van der Waals surface area contributed by atoms with Crippen LogP contribution in [0.5, 0.6) is 5.75 Å². The van der Waals surface area contributed by atoms with Crippen LogP contribution in [-0.2, 0) is 20.9 Å². The first-order valence-corrected chi connectivity index (χ1v) is 13.4. The molecule has 0 bridgehead atoms. The predicted octanol–water partition coefficient (Wildman–Crippen LogP) is 7.37. The summed E-state index contributed by atoms with van der Waals surface area (Å²) in [5, 5.41) is 11.4. The fourth-order valence-corrected chi connectivity index (χ4v) is 5.07. The maximum Gasteiger partial charge on any atom is 0.344 e. The number of amides is 1. The van der Waals surface area contributed by atoms with Gasteiger partial charge in [-0.2, -0.15) is 0 Å². The summed E-state index contributed by atoms with van der Waals surface area (Å²) in [6.07, 6.45) is 2.45. The van der Waals surface area contributed by atoms with Crippen molar-refractivity contribution < 1.29 is 24.2 Å². The molecule has 0 radical (unpaired) electrons. The number of carbonyl (C=O) groups excluding carboxylic acids is 2. The number of aliphatic hydroxyl groups is 1. The number of hydrogen-bond donors (Lipinski definition) is 1. The second kappa shape index (κ2) is 12.8. The molecule has 0 spiro atoms. The largest absolute Gasteiger partial charge is 0.506 e. The van der Waals surface area contributed by atoms with Crippen molar-refractivity contribution in [1.29, 1.82) is 0 Å². The minimum atomic E-state index is -0.751. The van der Waals surface area contributed by atoms with Crippen molar-refractivity contribution >= 4 is 80.6 Å². The SMILES string of the molecule is CCCC(=O)N=C1S/C(=C\c2cc(Cl)c(OCc3ccc(I)cc3)c(Cl)c2)C(O)=C1C(=O)OCC. The number of aliphatic imine (C=N–C) groups is 1. The highest BCUT2D eigenvalue weighted by Gasteiger charge is 2.33. The van der Waals surface area contributed by atoms with E-state index in [4.69, 9.17) is 32.7 Å². The smallest absolute Gasteiger partial charge is 0.344 e. The van der Waals surface area contributed by atoms with Crippen LogP contribution in [0.4, 0.5) is 0 Å². The van der Waals surface area contributed by atoms with Gasteiger partial charge in [-0.25, -0.2) is 9.79 Å². The Morgan fingerprint density at radius 3 is 2.40 bits per heavy atom. The third-order valence-corrected chi connectivity index (χ3v) is 6.98. The molecule has 0 aliphatic carbocycles. The summed E-state index contributed by atoms with van der Waals surface area (Å²) in [5.41, 5.74) is 1.40. The third-order valence-electron chi connectivity index (χ3n) is 4.68. The lowest BCUT2D eigenvalue weighted by atomic mass is 10.1. The van der Waals surface area contributed by atoms with Crippen LogP contribution in [0.1, 0.15) is 37.8 Å². The third kappa shape index (κ3) is 7.25. The molecular formula is C25H22Cl2INO5S. The summed E-state index contributed by atoms with van der Waals surface area (Å²) in [7, 11) is 0. The van der Waals surface area contributed by atoms with Gasteiger partial charge in [0.15, 0.2) is 5.75 Å². The lowest BCUT2D eigenvalue weighted by Gasteiger charge is -2.11. The molecule has 1 amide bonds. The number of ether oxygens (including phenoxy) is 2. The molecule has 0 fully saturated rings. The van der Waals surface area contributed by atoms with Crippen molar-refractivity contribution in [2.24, 2.45) is 4.99 Å². The zero-order valence-electron chi connectivity index (χ0n) is 18.9. The van der Waals surface area contributed by atoms with E-state index in [2.05, 4.69) is 27.6 Å². The van der Waals surface area contributed by atoms with Gasteiger partial charge in [-0.05, 0) is 77.4 Å². The molecule has 0 saturated heterocycles. The Kier molecular flexibility index (Phi) is 10.1. The van der Waals surface area contributed by atoms with Gasteiger partial charge in [0.05, 0.1) is 21.6 Å². The van der Waals surface area contributed by atoms with Crippen molar-refractivity contribution in [3.8, 4) is 5.75 Å². The molecular weight excluding hydrogens is 624 g/mol. The van der Waals surface area contributed by atoms with Crippen LogP contribution in [-0.4, -0.2) is 28.6 Å². The molecule has 0 unspecified atom stereocenters. The van der Waals surface area contributed by atoms with E-state index < -0.39 is 5.97 Å². The molecule has 10 heteroatoms. The van der Waals surface area contributed by atoms with Crippen molar-refractivity contribution in [3.05, 3.63) is 77.4 Å². The number of thioether (sulfide) groups is 1. The summed E-state index contributed by atoms with van der Waals surface area (Å²) in [5.74, 6) is -1.11. The number of carbonyl (C=O) groups is 2. The minimum Gasteiger partial charge on any atom is -0.506 e. The number of esters is 1. The zero-order chi connectivity index (χ0) is 25.5. The standard InChI is InChI=1S/C25H22Cl2INO5S/c1-3-5-20(30)29-24-21(25(32)33-4-2)22(31)19(35-24)12-15-10-17(26)23(18(27)11-15)34-13-14-6-8-16(28)9-7-14/h6-12,31H,3-5,13H2,1-2H3/b19-12-,29-24?. The molecule has 1 heterocycles. The molecule has 1 aliphatic heterocycles. The van der Waals surface area contributed by atoms with Gasteiger partial charge in [-0.1, -0.05) is 54.0 Å². The lowest BCUT2D eigenvalue weighted by Crippen LogP contribution is -2.14. The van der Waals surface area contributed by atoms with Crippen LogP contribution in [0.2, 0.25) is 10.0 Å². The maximum atomic E-state index is 12.4. The molecule has 2 aromatic carbocycles. The van der Waals surface area contributed by atoms with Crippen LogP contribution in [0.15, 0.2) is 57.6 Å². The van der Waals surface area contributed by atoms with Crippen molar-refractivity contribution in [3.63, 3.8) is 0 Å². The van der Waals surface area contributed by atoms with Gasteiger partial charge >= 0.3 is 5.97 Å². The molecule has 35 heavy (non-hydrogen) atoms. The highest BCUT2D eigenvalue weighted by Crippen LogP contribution is 2.41. The van der Waals surface area contributed by atoms with E-state index in [9.17, 15) is 14.7 Å². The summed E-state index contributed by atoms with van der Waals surface area (Å²) in [4.78, 5) is 28.8. The summed E-state index contributed by atoms with van der Waals surface area (Å²) < 4.78 is 12.0. The van der Waals surface area contributed by atoms with Gasteiger partial charge in [-0.3, -0.25) is 4.79 Å². The molecule has 0 aromatic heterocycles. The first-order chi connectivity index (χ1) is 16.7. The van der Waals surface area contributed by atoms with E-state index in [0.717, 1.165) is 20.9 Å². The van der Waals surface area contributed by atoms with Crippen molar-refractivity contribution in [2.45, 2.75) is 33.3 Å². The van der Waals surface area contributed by atoms with Gasteiger partial charge in [0, 0.05) is 9.99 Å². The highest BCUT2D eigenvalue weighted by atomic mass is 127. The molecule has 1 N–H and O–H groups in total. The fourth-order valence-electron chi connectivity index (χ4n) is 3.06. The minimum absolute atomic E-state index is 0.0975. The van der Waals surface area contributed by atoms with Gasteiger partial charge < -0.3 is 14.6 Å². The van der Waals surface area contributed by atoms with E-state index in [0.29, 0.717) is 39.3 Å². The van der Waals surface area contributed by atoms with E-state index in [1.165, 1.54) is 0 Å². The van der Waals surface area contributed by atoms with Crippen LogP contribution >= 0.6 is 57.6 Å². The summed E-state index contributed by atoms with van der Waals surface area (Å²) in [6, 6.07) is 11.2. The van der Waals surface area contributed by atoms with E-state index >= 15 is 0 Å². The van der Waals surface area contributed by atoms with Gasteiger partial charge in [-0.15, -0.1) is 0 Å². The van der Waals surface area contributed by atoms with Gasteiger partial charge in [0.1, 0.15) is 23.0 Å². The molecule has 0 atom stereocenters. The van der Waals surface area contributed by atoms with Crippen LogP contribution < -0.4 is 4.74 Å². The van der Waals surface area contributed by atoms with E-state index in [1.54, 1.807) is 25.1 Å². The summed E-state index contributed by atoms with van der Waals surface area (Å²) >= 11 is 16.1. The number of aliphatic hydroxyl groups excluding tert-OH is 1. The molecule has 1 aliphatic rings. The first kappa shape index (κ1) is 27.6. The Labute approximate surface area is 231 Å². The number of hydrogen-bond acceptors (Lipinski definition) is 6. The number of nitrogens with zero attached hydrogens (tertiary/aromatic N) is 1. The first-order valence-electron chi connectivity index (χ1n) is 10.7. The van der Waals surface area contributed by atoms with Gasteiger partial charge in [0.2, 0.25) is 5.91 Å². The molecule has 2 aromatic rings. The second-order valence-corrected chi connectivity index (χ2v) is 10.4. The second-order valence-electron chi connectivity index (χ2n) is 7.34. The fraction of sp³-hybridized carbons (Fsp3) is 0.240. The van der Waals surface area contributed by atoms with Crippen molar-refractivity contribution in [2.75, 3.05) is 6.61 Å². The molecule has 3 rings (SSSR count). The zero-order valence-corrected chi connectivity index (χ0v) is 23.4. The summed E-state index contributed by atoms with van der Waals surface area (Å²) in [6.45, 7) is 3.92. The van der Waals surface area contributed by atoms with E-state index in [-0.39, 0.29) is 35.3 Å². The molecule has 0 saturated carbocycles. The number of benzene rings is 2.